The zero-order valence-corrected chi connectivity index (χ0v) is 15.9. The van der Waals surface area contributed by atoms with Gasteiger partial charge in [0.2, 0.25) is 5.95 Å². The van der Waals surface area contributed by atoms with Gasteiger partial charge in [0.15, 0.2) is 0 Å². The van der Waals surface area contributed by atoms with Gasteiger partial charge in [0.1, 0.15) is 17.3 Å². The molecular weight excluding hydrogens is 340 g/mol. The Balaban J connectivity index is 1.71. The highest BCUT2D eigenvalue weighted by atomic mass is 16.5. The quantitative estimate of drug-likeness (QED) is 0.720. The van der Waals surface area contributed by atoms with Crippen LogP contribution in [0.3, 0.4) is 0 Å². The second kappa shape index (κ2) is 7.26. The molecule has 0 radical (unpaired) electrons. The minimum Gasteiger partial charge on any atom is -0.494 e. The predicted octanol–water partition coefficient (Wildman–Crippen LogP) is 3.64. The van der Waals surface area contributed by atoms with Crippen molar-refractivity contribution in [3.05, 3.63) is 47.4 Å². The van der Waals surface area contributed by atoms with Crippen molar-refractivity contribution < 1.29 is 4.74 Å². The third kappa shape index (κ3) is 3.45. The molecule has 0 saturated heterocycles. The van der Waals surface area contributed by atoms with E-state index in [1.165, 1.54) is 24.1 Å². The molecule has 1 aliphatic carbocycles. The fourth-order valence-corrected chi connectivity index (χ4v) is 3.51. The van der Waals surface area contributed by atoms with Crippen LogP contribution in [0.2, 0.25) is 0 Å². The molecule has 0 saturated carbocycles. The summed E-state index contributed by atoms with van der Waals surface area (Å²) in [6, 6.07) is 7.85. The largest absolute Gasteiger partial charge is 0.494 e. The molecule has 27 heavy (non-hydrogen) atoms. The van der Waals surface area contributed by atoms with Gasteiger partial charge in [-0.25, -0.2) is 9.67 Å². The van der Waals surface area contributed by atoms with E-state index in [0.717, 1.165) is 41.5 Å². The number of nitrogens with zero attached hydrogens (tertiary/aromatic N) is 4. The maximum atomic E-state index is 5.59. The normalized spacial score (nSPS) is 13.1. The molecule has 2 heterocycles. The summed E-state index contributed by atoms with van der Waals surface area (Å²) in [5.74, 6) is 2.12. The number of rotatable bonds is 5. The van der Waals surface area contributed by atoms with Crippen LogP contribution in [0.1, 0.15) is 29.8 Å². The summed E-state index contributed by atoms with van der Waals surface area (Å²) in [5, 5.41) is 11.0. The molecule has 4 rings (SSSR count). The summed E-state index contributed by atoms with van der Waals surface area (Å²) in [5.41, 5.74) is 5.32. The summed E-state index contributed by atoms with van der Waals surface area (Å²) in [7, 11) is 3.53. The third-order valence-electron chi connectivity index (χ3n) is 4.84. The minimum atomic E-state index is 0.554. The second-order valence-corrected chi connectivity index (χ2v) is 6.72. The SMILES string of the molecule is CNc1cc(C)nc(Nc2ccc(OC)c(-n3ncc4c3CCCC4)c2)n1. The first kappa shape index (κ1) is 17.3. The molecule has 140 valence electrons. The van der Waals surface area contributed by atoms with E-state index in [-0.39, 0.29) is 0 Å². The summed E-state index contributed by atoms with van der Waals surface area (Å²) < 4.78 is 7.60. The summed E-state index contributed by atoms with van der Waals surface area (Å²) in [4.78, 5) is 8.93. The molecule has 0 fully saturated rings. The molecule has 2 aromatic heterocycles. The van der Waals surface area contributed by atoms with Crippen molar-refractivity contribution in [3.63, 3.8) is 0 Å². The van der Waals surface area contributed by atoms with E-state index in [4.69, 9.17) is 4.74 Å². The Labute approximate surface area is 158 Å². The van der Waals surface area contributed by atoms with Crippen LogP contribution >= 0.6 is 0 Å². The lowest BCUT2D eigenvalue weighted by atomic mass is 9.98. The molecule has 7 heteroatoms. The highest BCUT2D eigenvalue weighted by Crippen LogP contribution is 2.31. The number of anilines is 3. The number of nitrogens with one attached hydrogen (secondary N) is 2. The van der Waals surface area contributed by atoms with E-state index in [2.05, 4.69) is 25.7 Å². The number of fused-ring (bicyclic) bond motifs is 1. The number of hydrogen-bond donors (Lipinski definition) is 2. The minimum absolute atomic E-state index is 0.554. The van der Waals surface area contributed by atoms with Crippen LogP contribution in [0.5, 0.6) is 5.75 Å². The summed E-state index contributed by atoms with van der Waals surface area (Å²) in [6.07, 6.45) is 6.55. The molecule has 0 spiro atoms. The first-order chi connectivity index (χ1) is 13.2. The van der Waals surface area contributed by atoms with Crippen LogP contribution in [-0.2, 0) is 12.8 Å². The zero-order chi connectivity index (χ0) is 18.8. The van der Waals surface area contributed by atoms with E-state index in [9.17, 15) is 0 Å². The zero-order valence-electron chi connectivity index (χ0n) is 15.9. The topological polar surface area (TPSA) is 76.9 Å². The van der Waals surface area contributed by atoms with Crippen molar-refractivity contribution in [1.82, 2.24) is 19.7 Å². The third-order valence-corrected chi connectivity index (χ3v) is 4.84. The van der Waals surface area contributed by atoms with Crippen LogP contribution in [0.15, 0.2) is 30.5 Å². The van der Waals surface area contributed by atoms with E-state index in [1.54, 1.807) is 7.11 Å². The maximum absolute atomic E-state index is 5.59. The molecule has 1 aromatic carbocycles. The van der Waals surface area contributed by atoms with Crippen LogP contribution in [-0.4, -0.2) is 33.9 Å². The highest BCUT2D eigenvalue weighted by molar-refractivity contribution is 5.63. The highest BCUT2D eigenvalue weighted by Gasteiger charge is 2.18. The first-order valence-electron chi connectivity index (χ1n) is 9.22. The van der Waals surface area contributed by atoms with Crippen molar-refractivity contribution in [2.75, 3.05) is 24.8 Å². The van der Waals surface area contributed by atoms with Gasteiger partial charge in [0, 0.05) is 30.2 Å². The monoisotopic (exact) mass is 364 g/mol. The molecule has 0 bridgehead atoms. The van der Waals surface area contributed by atoms with Crippen molar-refractivity contribution >= 4 is 17.5 Å². The molecule has 0 unspecified atom stereocenters. The lowest BCUT2D eigenvalue weighted by Gasteiger charge is -2.17. The van der Waals surface area contributed by atoms with Gasteiger partial charge in [-0.15, -0.1) is 0 Å². The van der Waals surface area contributed by atoms with Crippen molar-refractivity contribution in [3.8, 4) is 11.4 Å². The van der Waals surface area contributed by atoms with Crippen molar-refractivity contribution in [2.24, 2.45) is 0 Å². The number of aryl methyl sites for hydroxylation is 2. The Morgan fingerprint density at radius 2 is 1.96 bits per heavy atom. The van der Waals surface area contributed by atoms with Crippen LogP contribution in [0.4, 0.5) is 17.5 Å². The average Bonchev–Trinajstić information content (AvgIpc) is 3.11. The summed E-state index contributed by atoms with van der Waals surface area (Å²) >= 11 is 0. The van der Waals surface area contributed by atoms with Crippen LogP contribution in [0, 0.1) is 6.92 Å². The molecule has 2 N–H and O–H groups in total. The van der Waals surface area contributed by atoms with Gasteiger partial charge in [-0.3, -0.25) is 0 Å². The Morgan fingerprint density at radius 1 is 1.11 bits per heavy atom. The lowest BCUT2D eigenvalue weighted by Crippen LogP contribution is -2.09. The predicted molar refractivity (Wildman–Crippen MR) is 106 cm³/mol. The number of benzene rings is 1. The van der Waals surface area contributed by atoms with Gasteiger partial charge >= 0.3 is 0 Å². The van der Waals surface area contributed by atoms with E-state index in [1.807, 2.05) is 49.1 Å². The van der Waals surface area contributed by atoms with Crippen molar-refractivity contribution in [1.29, 1.82) is 0 Å². The fourth-order valence-electron chi connectivity index (χ4n) is 3.51. The Morgan fingerprint density at radius 3 is 2.78 bits per heavy atom. The standard InChI is InChI=1S/C20H24N6O/c1-13-10-19(21-2)25-20(23-13)24-15-8-9-18(27-3)17(11-15)26-16-7-5-4-6-14(16)12-22-26/h8-12H,4-7H2,1-3H3,(H2,21,23,24,25). The number of ether oxygens (including phenoxy) is 1. The van der Waals surface area contributed by atoms with E-state index in [0.29, 0.717) is 5.95 Å². The Hall–Kier alpha value is -3.09. The number of hydrogen-bond acceptors (Lipinski definition) is 6. The van der Waals surface area contributed by atoms with Gasteiger partial charge in [-0.1, -0.05) is 0 Å². The first-order valence-corrected chi connectivity index (χ1v) is 9.22. The molecule has 7 nitrogen and oxygen atoms in total. The van der Waals surface area contributed by atoms with Gasteiger partial charge in [-0.05, 0) is 56.4 Å². The molecule has 0 atom stereocenters. The maximum Gasteiger partial charge on any atom is 0.229 e. The van der Waals surface area contributed by atoms with Gasteiger partial charge in [0.05, 0.1) is 13.3 Å². The molecule has 1 aliphatic rings. The van der Waals surface area contributed by atoms with Crippen molar-refractivity contribution in [2.45, 2.75) is 32.6 Å². The average molecular weight is 364 g/mol. The summed E-state index contributed by atoms with van der Waals surface area (Å²) in [6.45, 7) is 1.95. The van der Waals surface area contributed by atoms with E-state index < -0.39 is 0 Å². The smallest absolute Gasteiger partial charge is 0.229 e. The molecule has 0 aliphatic heterocycles. The Bertz CT molecular complexity index is 965. The molecule has 0 amide bonds. The fraction of sp³-hybridized carbons (Fsp3) is 0.350. The number of aromatic nitrogens is 4. The van der Waals surface area contributed by atoms with Gasteiger partial charge in [-0.2, -0.15) is 10.1 Å². The van der Waals surface area contributed by atoms with Gasteiger partial charge in [0.25, 0.3) is 0 Å². The van der Waals surface area contributed by atoms with Crippen LogP contribution in [0.25, 0.3) is 5.69 Å². The van der Waals surface area contributed by atoms with Gasteiger partial charge < -0.3 is 15.4 Å². The lowest BCUT2D eigenvalue weighted by molar-refractivity contribution is 0.411. The molecule has 3 aromatic rings. The number of methoxy groups -OCH3 is 1. The second-order valence-electron chi connectivity index (χ2n) is 6.72. The van der Waals surface area contributed by atoms with E-state index >= 15 is 0 Å². The Kier molecular flexibility index (Phi) is 4.66. The van der Waals surface area contributed by atoms with Crippen LogP contribution < -0.4 is 15.4 Å². The molecular formula is C20H24N6O.